The van der Waals surface area contributed by atoms with Crippen LogP contribution in [0.5, 0.6) is 0 Å². The molecule has 108 valence electrons. The molecule has 0 aliphatic carbocycles. The summed E-state index contributed by atoms with van der Waals surface area (Å²) in [5, 5.41) is 3.05. The van der Waals surface area contributed by atoms with Gasteiger partial charge in [0.2, 0.25) is 5.78 Å². The van der Waals surface area contributed by atoms with Gasteiger partial charge in [0.1, 0.15) is 5.57 Å². The highest BCUT2D eigenvalue weighted by Gasteiger charge is 2.21. The van der Waals surface area contributed by atoms with Crippen LogP contribution in [0.4, 0.5) is 0 Å². The van der Waals surface area contributed by atoms with Gasteiger partial charge in [-0.25, -0.2) is 0 Å². The maximum absolute atomic E-state index is 12.5. The molecule has 0 spiro atoms. The van der Waals surface area contributed by atoms with E-state index in [4.69, 9.17) is 11.6 Å². The fourth-order valence-corrected chi connectivity index (χ4v) is 1.82. The molecule has 0 bridgehead atoms. The smallest absolute Gasteiger partial charge is 0.256 e. The summed E-state index contributed by atoms with van der Waals surface area (Å²) in [4.78, 5) is 26.2. The van der Waals surface area contributed by atoms with Crippen LogP contribution in [0.1, 0.15) is 23.7 Å². The molecule has 1 N–H and O–H groups in total. The Morgan fingerprint density at radius 2 is 1.95 bits per heavy atom. The van der Waals surface area contributed by atoms with Crippen molar-refractivity contribution >= 4 is 23.3 Å². The second-order valence-electron chi connectivity index (χ2n) is 4.57. The Morgan fingerprint density at radius 1 is 1.30 bits per heavy atom. The molecule has 0 unspecified atom stereocenters. The average Bonchev–Trinajstić information content (AvgIpc) is 2.41. The minimum Gasteiger partial charge on any atom is -0.383 e. The van der Waals surface area contributed by atoms with Crippen molar-refractivity contribution in [2.45, 2.75) is 13.3 Å². The van der Waals surface area contributed by atoms with Crippen LogP contribution < -0.4 is 5.32 Å². The number of benzene rings is 1. The first kappa shape index (κ1) is 16.2. The molecule has 5 heteroatoms. The molecule has 1 rings (SSSR count). The van der Waals surface area contributed by atoms with Crippen molar-refractivity contribution in [1.82, 2.24) is 10.2 Å². The van der Waals surface area contributed by atoms with Gasteiger partial charge >= 0.3 is 0 Å². The summed E-state index contributed by atoms with van der Waals surface area (Å²) in [5.74, 6) is -0.761. The first-order chi connectivity index (χ1) is 9.47. The molecule has 0 saturated heterocycles. The van der Waals surface area contributed by atoms with Crippen molar-refractivity contribution < 1.29 is 9.59 Å². The number of carbonyl (C=O) groups excluding carboxylic acids is 2. The molecule has 0 radical (unpaired) electrons. The SMILES string of the molecule is CCCNC(=O)C(=CN(C)C)C(=O)c1ccccc1Cl. The molecule has 4 nitrogen and oxygen atoms in total. The zero-order valence-corrected chi connectivity index (χ0v) is 12.7. The van der Waals surface area contributed by atoms with Gasteiger partial charge < -0.3 is 10.2 Å². The van der Waals surface area contributed by atoms with E-state index < -0.39 is 0 Å². The van der Waals surface area contributed by atoms with Gasteiger partial charge in [-0.15, -0.1) is 0 Å². The Bertz CT molecular complexity index is 524. The third-order valence-electron chi connectivity index (χ3n) is 2.53. The van der Waals surface area contributed by atoms with Crippen LogP contribution in [0.25, 0.3) is 0 Å². The molecule has 0 fully saturated rings. The lowest BCUT2D eigenvalue weighted by Crippen LogP contribution is -2.30. The number of halogens is 1. The van der Waals surface area contributed by atoms with Gasteiger partial charge in [0.15, 0.2) is 0 Å². The molecule has 1 amide bonds. The summed E-state index contributed by atoms with van der Waals surface area (Å²) >= 11 is 6.02. The second-order valence-corrected chi connectivity index (χ2v) is 4.98. The normalized spacial score (nSPS) is 11.1. The lowest BCUT2D eigenvalue weighted by atomic mass is 10.0. The van der Waals surface area contributed by atoms with Crippen LogP contribution in [0.3, 0.4) is 0 Å². The summed E-state index contributed by atoms with van der Waals surface area (Å²) in [6.45, 7) is 2.48. The van der Waals surface area contributed by atoms with Gasteiger partial charge in [-0.2, -0.15) is 0 Å². The molecule has 0 aliphatic heterocycles. The molecule has 0 aromatic heterocycles. The van der Waals surface area contributed by atoms with Crippen molar-refractivity contribution in [3.8, 4) is 0 Å². The number of hydrogen-bond donors (Lipinski definition) is 1. The van der Waals surface area contributed by atoms with Crippen molar-refractivity contribution in [2.24, 2.45) is 0 Å². The summed E-state index contributed by atoms with van der Waals surface area (Å²) in [6.07, 6.45) is 2.32. The first-order valence-corrected chi connectivity index (χ1v) is 6.80. The number of ketones is 1. The quantitative estimate of drug-likeness (QED) is 0.379. The Hall–Kier alpha value is -1.81. The number of hydrogen-bond acceptors (Lipinski definition) is 3. The molecule has 0 saturated carbocycles. The molecule has 0 atom stereocenters. The third kappa shape index (κ3) is 4.38. The molecule has 0 heterocycles. The molecule has 1 aromatic carbocycles. The summed E-state index contributed by atoms with van der Waals surface area (Å²) in [7, 11) is 3.51. The Labute approximate surface area is 124 Å². The predicted molar refractivity (Wildman–Crippen MR) is 80.9 cm³/mol. The summed E-state index contributed by atoms with van der Waals surface area (Å²) in [6, 6.07) is 6.70. The number of amides is 1. The van der Waals surface area contributed by atoms with Crippen LogP contribution >= 0.6 is 11.6 Å². The first-order valence-electron chi connectivity index (χ1n) is 6.43. The van der Waals surface area contributed by atoms with Crippen LogP contribution in [0, 0.1) is 0 Å². The van der Waals surface area contributed by atoms with E-state index in [1.807, 2.05) is 6.92 Å². The zero-order valence-electron chi connectivity index (χ0n) is 11.9. The highest BCUT2D eigenvalue weighted by molar-refractivity contribution is 6.37. The van der Waals surface area contributed by atoms with Crippen molar-refractivity contribution in [1.29, 1.82) is 0 Å². The Kier molecular flexibility index (Phi) is 6.25. The van der Waals surface area contributed by atoms with Crippen LogP contribution in [0.15, 0.2) is 36.0 Å². The lowest BCUT2D eigenvalue weighted by molar-refractivity contribution is -0.117. The predicted octanol–water partition coefficient (Wildman–Crippen LogP) is 2.49. The molecule has 20 heavy (non-hydrogen) atoms. The zero-order chi connectivity index (χ0) is 15.1. The van der Waals surface area contributed by atoms with E-state index in [1.54, 1.807) is 43.3 Å². The van der Waals surface area contributed by atoms with Gasteiger partial charge in [-0.05, 0) is 18.6 Å². The van der Waals surface area contributed by atoms with E-state index in [0.29, 0.717) is 17.1 Å². The molecule has 0 aliphatic rings. The average molecular weight is 295 g/mol. The van der Waals surface area contributed by atoms with Crippen molar-refractivity contribution in [3.05, 3.63) is 46.6 Å². The topological polar surface area (TPSA) is 49.4 Å². The van der Waals surface area contributed by atoms with Crippen LogP contribution in [0.2, 0.25) is 5.02 Å². The van der Waals surface area contributed by atoms with E-state index in [0.717, 1.165) is 6.42 Å². The molecular formula is C15H19ClN2O2. The number of nitrogens with one attached hydrogen (secondary N) is 1. The van der Waals surface area contributed by atoms with Crippen molar-refractivity contribution in [3.63, 3.8) is 0 Å². The van der Waals surface area contributed by atoms with E-state index in [2.05, 4.69) is 5.32 Å². The number of nitrogens with zero attached hydrogens (tertiary/aromatic N) is 1. The number of Topliss-reactive ketones (excluding diaryl/α,β-unsaturated/α-hetero) is 1. The van der Waals surface area contributed by atoms with Crippen LogP contribution in [-0.4, -0.2) is 37.2 Å². The van der Waals surface area contributed by atoms with Crippen LogP contribution in [-0.2, 0) is 4.79 Å². The highest BCUT2D eigenvalue weighted by atomic mass is 35.5. The number of rotatable bonds is 6. The maximum atomic E-state index is 12.5. The Morgan fingerprint density at radius 3 is 2.50 bits per heavy atom. The third-order valence-corrected chi connectivity index (χ3v) is 2.86. The van der Waals surface area contributed by atoms with E-state index >= 15 is 0 Å². The van der Waals surface area contributed by atoms with E-state index in [9.17, 15) is 9.59 Å². The molecular weight excluding hydrogens is 276 g/mol. The fraction of sp³-hybridized carbons (Fsp3) is 0.333. The van der Waals surface area contributed by atoms with E-state index in [1.165, 1.54) is 6.20 Å². The highest BCUT2D eigenvalue weighted by Crippen LogP contribution is 2.19. The minimum absolute atomic E-state index is 0.0801. The van der Waals surface area contributed by atoms with Gasteiger partial charge in [-0.3, -0.25) is 9.59 Å². The largest absolute Gasteiger partial charge is 0.383 e. The lowest BCUT2D eigenvalue weighted by Gasteiger charge is -2.12. The van der Waals surface area contributed by atoms with Gasteiger partial charge in [0.05, 0.1) is 5.02 Å². The standard InChI is InChI=1S/C15H19ClN2O2/c1-4-9-17-15(20)12(10-18(2)3)14(19)11-7-5-6-8-13(11)16/h5-8,10H,4,9H2,1-3H3,(H,17,20). The maximum Gasteiger partial charge on any atom is 0.256 e. The fourth-order valence-electron chi connectivity index (χ4n) is 1.60. The van der Waals surface area contributed by atoms with Gasteiger partial charge in [0.25, 0.3) is 5.91 Å². The number of carbonyl (C=O) groups is 2. The summed E-state index contributed by atoms with van der Waals surface area (Å²) in [5.41, 5.74) is 0.408. The van der Waals surface area contributed by atoms with E-state index in [-0.39, 0.29) is 17.3 Å². The summed E-state index contributed by atoms with van der Waals surface area (Å²) < 4.78 is 0. The molecule has 1 aromatic rings. The Balaban J connectivity index is 3.09. The minimum atomic E-state index is -0.384. The van der Waals surface area contributed by atoms with Crippen molar-refractivity contribution in [2.75, 3.05) is 20.6 Å². The van der Waals surface area contributed by atoms with Gasteiger partial charge in [0, 0.05) is 32.4 Å². The van der Waals surface area contributed by atoms with Gasteiger partial charge in [-0.1, -0.05) is 30.7 Å². The second kappa shape index (κ2) is 7.70. The monoisotopic (exact) mass is 294 g/mol.